The van der Waals surface area contributed by atoms with E-state index < -0.39 is 28.7 Å². The molecular weight excluding hydrogens is 336 g/mol. The van der Waals surface area contributed by atoms with Crippen LogP contribution in [0.1, 0.15) is 65.7 Å². The van der Waals surface area contributed by atoms with Crippen molar-refractivity contribution in [1.82, 2.24) is 0 Å². The van der Waals surface area contributed by atoms with E-state index in [1.807, 2.05) is 6.92 Å². The number of carboxylic acid groups (broad SMARTS) is 1. The maximum atomic E-state index is 11.4. The number of carbonyl (C=O) groups is 1. The Labute approximate surface area is 155 Å². The van der Waals surface area contributed by atoms with Crippen molar-refractivity contribution in [3.05, 3.63) is 0 Å². The summed E-state index contributed by atoms with van der Waals surface area (Å²) in [6.45, 7) is 5.96. The normalized spacial score (nSPS) is 51.4. The number of aliphatic hydroxyl groups excluding tert-OH is 3. The summed E-state index contributed by atoms with van der Waals surface area (Å²) in [5, 5.41) is 40.0. The van der Waals surface area contributed by atoms with Crippen molar-refractivity contribution in [1.29, 1.82) is 0 Å². The molecule has 0 unspecified atom stereocenters. The molecule has 0 amide bonds. The second-order valence-corrected chi connectivity index (χ2v) is 9.57. The molecule has 3 aliphatic rings. The van der Waals surface area contributed by atoms with Crippen LogP contribution in [0.5, 0.6) is 0 Å². The zero-order chi connectivity index (χ0) is 19.4. The predicted octanol–water partition coefficient (Wildman–Crippen LogP) is 1.95. The Bertz CT molecular complexity index is 567. The highest BCUT2D eigenvalue weighted by Gasteiger charge is 2.68. The fourth-order valence-electron chi connectivity index (χ4n) is 6.70. The van der Waals surface area contributed by atoms with Crippen LogP contribution in [-0.4, -0.2) is 56.9 Å². The van der Waals surface area contributed by atoms with Gasteiger partial charge in [-0.25, -0.2) is 0 Å². The Morgan fingerprint density at radius 2 is 1.77 bits per heavy atom. The molecule has 0 bridgehead atoms. The van der Waals surface area contributed by atoms with Crippen LogP contribution >= 0.6 is 0 Å². The molecule has 3 fully saturated rings. The molecule has 1 spiro atoms. The van der Waals surface area contributed by atoms with Crippen LogP contribution < -0.4 is 0 Å². The summed E-state index contributed by atoms with van der Waals surface area (Å²) in [7, 11) is 0. The molecule has 0 aromatic heterocycles. The van der Waals surface area contributed by atoms with Gasteiger partial charge in [-0.15, -0.1) is 0 Å². The van der Waals surface area contributed by atoms with Crippen LogP contribution in [-0.2, 0) is 9.53 Å². The first-order valence-corrected chi connectivity index (χ1v) is 9.91. The lowest BCUT2D eigenvalue weighted by Gasteiger charge is -2.65. The SMILES string of the molecule is C[C@@H]1CC[C@@H]2[C@](C)(CO)[C@H](O)CC[C@]2(C)[C@@]12CC[C@](CO)(CC(=O)O)O2. The van der Waals surface area contributed by atoms with Crippen molar-refractivity contribution >= 4 is 5.97 Å². The summed E-state index contributed by atoms with van der Waals surface area (Å²) in [5.74, 6) is -0.621. The van der Waals surface area contributed by atoms with E-state index in [2.05, 4.69) is 13.8 Å². The third kappa shape index (κ3) is 2.56. The highest BCUT2D eigenvalue weighted by atomic mass is 16.5. The number of ether oxygens (including phenoxy) is 1. The van der Waals surface area contributed by atoms with E-state index in [9.17, 15) is 25.2 Å². The zero-order valence-electron chi connectivity index (χ0n) is 16.2. The van der Waals surface area contributed by atoms with E-state index in [0.717, 1.165) is 19.3 Å². The third-order valence-electron chi connectivity index (χ3n) is 8.37. The lowest BCUT2D eigenvalue weighted by molar-refractivity contribution is -0.271. The highest BCUT2D eigenvalue weighted by Crippen LogP contribution is 2.67. The quantitative estimate of drug-likeness (QED) is 0.602. The molecule has 6 nitrogen and oxygen atoms in total. The standard InChI is InChI=1S/C20H34O6/c1-13-4-5-14-17(2,11-21)15(23)6-7-18(14,3)20(13)9-8-19(12-22,26-20)10-16(24)25/h13-15,21-23H,4-12H2,1-3H3,(H,24,25)/t13-,14-,15-,17+,18+,19-,20-/m1/s1. The fourth-order valence-corrected chi connectivity index (χ4v) is 6.70. The molecular formula is C20H34O6. The van der Waals surface area contributed by atoms with Gasteiger partial charge in [0.25, 0.3) is 0 Å². The summed E-state index contributed by atoms with van der Waals surface area (Å²) in [4.78, 5) is 11.4. The topological polar surface area (TPSA) is 107 Å². The average Bonchev–Trinajstić information content (AvgIpc) is 2.98. The molecule has 4 N–H and O–H groups in total. The minimum Gasteiger partial charge on any atom is -0.481 e. The molecule has 1 saturated heterocycles. The average molecular weight is 370 g/mol. The maximum absolute atomic E-state index is 11.4. The van der Waals surface area contributed by atoms with E-state index in [4.69, 9.17) is 4.74 Å². The molecule has 0 aromatic carbocycles. The van der Waals surface area contributed by atoms with Crippen molar-refractivity contribution in [2.75, 3.05) is 13.2 Å². The molecule has 0 aromatic rings. The van der Waals surface area contributed by atoms with Gasteiger partial charge in [0.2, 0.25) is 0 Å². The molecule has 2 aliphatic carbocycles. The highest BCUT2D eigenvalue weighted by molar-refractivity contribution is 5.68. The molecule has 1 aliphatic heterocycles. The number of aliphatic carboxylic acids is 1. The number of hydrogen-bond acceptors (Lipinski definition) is 5. The van der Waals surface area contributed by atoms with Gasteiger partial charge in [0.15, 0.2) is 0 Å². The Kier molecular flexibility index (Phi) is 4.96. The summed E-state index contributed by atoms with van der Waals surface area (Å²) < 4.78 is 6.60. The summed E-state index contributed by atoms with van der Waals surface area (Å²) in [6.07, 6.45) is 3.73. The van der Waals surface area contributed by atoms with Crippen molar-refractivity contribution in [3.8, 4) is 0 Å². The molecule has 3 rings (SSSR count). The van der Waals surface area contributed by atoms with Gasteiger partial charge in [-0.1, -0.05) is 20.8 Å². The monoisotopic (exact) mass is 370 g/mol. The summed E-state index contributed by atoms with van der Waals surface area (Å²) in [6, 6.07) is 0. The Morgan fingerprint density at radius 1 is 1.08 bits per heavy atom. The molecule has 7 atom stereocenters. The van der Waals surface area contributed by atoms with E-state index >= 15 is 0 Å². The molecule has 150 valence electrons. The van der Waals surface area contributed by atoms with Crippen molar-refractivity contribution in [2.45, 2.75) is 83.0 Å². The van der Waals surface area contributed by atoms with Gasteiger partial charge in [-0.05, 0) is 50.4 Å². The second kappa shape index (κ2) is 6.43. The van der Waals surface area contributed by atoms with Crippen LogP contribution in [0.15, 0.2) is 0 Å². The van der Waals surface area contributed by atoms with E-state index in [0.29, 0.717) is 19.3 Å². The minimum absolute atomic E-state index is 0.0703. The number of hydrogen-bond donors (Lipinski definition) is 4. The van der Waals surface area contributed by atoms with Crippen molar-refractivity contribution in [2.24, 2.45) is 22.7 Å². The van der Waals surface area contributed by atoms with Gasteiger partial charge in [0, 0.05) is 10.8 Å². The van der Waals surface area contributed by atoms with Crippen LogP contribution in [0.3, 0.4) is 0 Å². The zero-order valence-corrected chi connectivity index (χ0v) is 16.2. The molecule has 1 heterocycles. The maximum Gasteiger partial charge on any atom is 0.306 e. The van der Waals surface area contributed by atoms with Gasteiger partial charge in [-0.3, -0.25) is 4.79 Å². The lowest BCUT2D eigenvalue weighted by Crippen LogP contribution is -2.66. The van der Waals surface area contributed by atoms with Gasteiger partial charge >= 0.3 is 5.97 Å². The van der Waals surface area contributed by atoms with Crippen LogP contribution in [0.25, 0.3) is 0 Å². The van der Waals surface area contributed by atoms with Crippen LogP contribution in [0, 0.1) is 22.7 Å². The smallest absolute Gasteiger partial charge is 0.306 e. The van der Waals surface area contributed by atoms with Gasteiger partial charge < -0.3 is 25.2 Å². The largest absolute Gasteiger partial charge is 0.481 e. The molecule has 6 heteroatoms. The van der Waals surface area contributed by atoms with Crippen LogP contribution in [0.4, 0.5) is 0 Å². The van der Waals surface area contributed by atoms with Gasteiger partial charge in [0.05, 0.1) is 31.3 Å². The van der Waals surface area contributed by atoms with E-state index in [-0.39, 0.29) is 36.9 Å². The molecule has 26 heavy (non-hydrogen) atoms. The predicted molar refractivity (Wildman–Crippen MR) is 95.5 cm³/mol. The fraction of sp³-hybridized carbons (Fsp3) is 0.950. The van der Waals surface area contributed by atoms with Crippen molar-refractivity contribution in [3.63, 3.8) is 0 Å². The van der Waals surface area contributed by atoms with Crippen LogP contribution in [0.2, 0.25) is 0 Å². The first kappa shape index (κ1) is 20.1. The Balaban J connectivity index is 2.02. The summed E-state index contributed by atoms with van der Waals surface area (Å²) in [5.41, 5.74) is -2.40. The first-order chi connectivity index (χ1) is 12.1. The summed E-state index contributed by atoms with van der Waals surface area (Å²) >= 11 is 0. The molecule has 0 radical (unpaired) electrons. The Morgan fingerprint density at radius 3 is 2.35 bits per heavy atom. The third-order valence-corrected chi connectivity index (χ3v) is 8.37. The molecule has 2 saturated carbocycles. The van der Waals surface area contributed by atoms with E-state index in [1.54, 1.807) is 0 Å². The second-order valence-electron chi connectivity index (χ2n) is 9.57. The van der Waals surface area contributed by atoms with Gasteiger partial charge in [-0.2, -0.15) is 0 Å². The number of fused-ring (bicyclic) bond motifs is 2. The Hall–Kier alpha value is -0.690. The number of aliphatic hydroxyl groups is 3. The first-order valence-electron chi connectivity index (χ1n) is 9.91. The number of carboxylic acids is 1. The lowest BCUT2D eigenvalue weighted by atomic mass is 9.43. The number of rotatable bonds is 4. The van der Waals surface area contributed by atoms with Gasteiger partial charge in [0.1, 0.15) is 5.60 Å². The van der Waals surface area contributed by atoms with Crippen molar-refractivity contribution < 1.29 is 30.0 Å². The minimum atomic E-state index is -1.03. The van der Waals surface area contributed by atoms with E-state index in [1.165, 1.54) is 0 Å².